The first-order valence-electron chi connectivity index (χ1n) is 8.81. The molecule has 0 fully saturated rings. The fourth-order valence-electron chi connectivity index (χ4n) is 2.55. The van der Waals surface area contributed by atoms with Crippen LogP contribution >= 0.6 is 11.6 Å². The van der Waals surface area contributed by atoms with E-state index in [0.717, 1.165) is 22.8 Å². The Morgan fingerprint density at radius 2 is 2.04 bits per heavy atom. The molecule has 0 radical (unpaired) electrons. The van der Waals surface area contributed by atoms with Gasteiger partial charge in [0.25, 0.3) is 0 Å². The molecule has 0 saturated carbocycles. The van der Waals surface area contributed by atoms with Crippen LogP contribution in [0.4, 0.5) is 5.82 Å². The molecule has 3 aromatic rings. The summed E-state index contributed by atoms with van der Waals surface area (Å²) in [7, 11) is 0. The van der Waals surface area contributed by atoms with Crippen LogP contribution in [0.5, 0.6) is 11.5 Å². The molecular weight excluding hydrogens is 364 g/mol. The van der Waals surface area contributed by atoms with Gasteiger partial charge in [-0.05, 0) is 31.0 Å². The molecule has 0 bridgehead atoms. The van der Waals surface area contributed by atoms with Gasteiger partial charge in [-0.15, -0.1) is 5.10 Å². The number of nitrogens with zero attached hydrogens (tertiary/aromatic N) is 3. The Morgan fingerprint density at radius 1 is 1.19 bits per heavy atom. The first-order valence-corrected chi connectivity index (χ1v) is 9.19. The van der Waals surface area contributed by atoms with Gasteiger partial charge in [0.05, 0.1) is 30.6 Å². The Hall–Kier alpha value is -2.86. The summed E-state index contributed by atoms with van der Waals surface area (Å²) in [6, 6.07) is 11.5. The van der Waals surface area contributed by atoms with Gasteiger partial charge >= 0.3 is 0 Å². The Balaban J connectivity index is 1.82. The number of benzene rings is 2. The number of hydrogen-bond acceptors (Lipinski definition) is 6. The number of aromatic nitrogens is 2. The number of halogens is 1. The Bertz CT molecular complexity index is 941. The van der Waals surface area contributed by atoms with Crippen molar-refractivity contribution in [3.05, 3.63) is 53.2 Å². The summed E-state index contributed by atoms with van der Waals surface area (Å²) in [5.74, 6) is 1.75. The first kappa shape index (κ1) is 18.9. The first-order chi connectivity index (χ1) is 13.2. The number of hydrazone groups is 1. The van der Waals surface area contributed by atoms with Crippen molar-refractivity contribution < 1.29 is 9.47 Å². The quantitative estimate of drug-likeness (QED) is 0.441. The van der Waals surface area contributed by atoms with Crippen molar-refractivity contribution in [2.75, 3.05) is 18.6 Å². The summed E-state index contributed by atoms with van der Waals surface area (Å²) in [6.45, 7) is 5.05. The Labute approximate surface area is 163 Å². The zero-order valence-corrected chi connectivity index (χ0v) is 16.0. The van der Waals surface area contributed by atoms with Crippen LogP contribution in [0.3, 0.4) is 0 Å². The summed E-state index contributed by atoms with van der Waals surface area (Å²) in [6.07, 6.45) is 4.26. The highest BCUT2D eigenvalue weighted by atomic mass is 35.5. The van der Waals surface area contributed by atoms with Crippen molar-refractivity contribution in [1.29, 1.82) is 0 Å². The molecule has 2 aromatic carbocycles. The molecule has 0 aliphatic carbocycles. The van der Waals surface area contributed by atoms with Crippen molar-refractivity contribution in [1.82, 2.24) is 10.2 Å². The monoisotopic (exact) mass is 384 g/mol. The van der Waals surface area contributed by atoms with E-state index in [1.807, 2.05) is 44.2 Å². The van der Waals surface area contributed by atoms with Crippen LogP contribution in [0.1, 0.15) is 25.8 Å². The van der Waals surface area contributed by atoms with E-state index >= 15 is 0 Å². The lowest BCUT2D eigenvalue weighted by Crippen LogP contribution is -2.02. The summed E-state index contributed by atoms with van der Waals surface area (Å²) in [5, 5.41) is 14.8. The van der Waals surface area contributed by atoms with Gasteiger partial charge in [0.15, 0.2) is 17.3 Å². The summed E-state index contributed by atoms with van der Waals surface area (Å²) in [5.41, 5.74) is 3.72. The van der Waals surface area contributed by atoms with Crippen LogP contribution in [0, 0.1) is 0 Å². The van der Waals surface area contributed by atoms with Gasteiger partial charge in [-0.3, -0.25) is 5.43 Å². The maximum absolute atomic E-state index is 6.37. The van der Waals surface area contributed by atoms with Crippen molar-refractivity contribution >= 4 is 34.4 Å². The van der Waals surface area contributed by atoms with Gasteiger partial charge in [0.1, 0.15) is 0 Å². The SMILES string of the molecule is CCCOc1c(Cl)cc(/C=N\Nc2nncc3ccccc23)cc1OCC. The lowest BCUT2D eigenvalue weighted by molar-refractivity contribution is 0.277. The number of hydrogen-bond donors (Lipinski definition) is 1. The van der Waals surface area contributed by atoms with E-state index in [1.54, 1.807) is 18.5 Å². The second-order valence-electron chi connectivity index (χ2n) is 5.76. The van der Waals surface area contributed by atoms with E-state index in [4.69, 9.17) is 21.1 Å². The van der Waals surface area contributed by atoms with E-state index in [2.05, 4.69) is 20.7 Å². The van der Waals surface area contributed by atoms with E-state index < -0.39 is 0 Å². The largest absolute Gasteiger partial charge is 0.490 e. The van der Waals surface area contributed by atoms with E-state index in [9.17, 15) is 0 Å². The number of fused-ring (bicyclic) bond motifs is 1. The Kier molecular flexibility index (Phi) is 6.44. The van der Waals surface area contributed by atoms with E-state index in [1.165, 1.54) is 0 Å². The molecule has 0 aliphatic rings. The predicted octanol–water partition coefficient (Wildman–Crippen LogP) is 4.92. The molecule has 3 rings (SSSR count). The highest BCUT2D eigenvalue weighted by Crippen LogP contribution is 2.36. The molecule has 0 aliphatic heterocycles. The molecule has 0 spiro atoms. The Morgan fingerprint density at radius 3 is 2.85 bits per heavy atom. The highest BCUT2D eigenvalue weighted by Gasteiger charge is 2.12. The minimum absolute atomic E-state index is 0.487. The van der Waals surface area contributed by atoms with Crippen LogP contribution in [-0.2, 0) is 0 Å². The van der Waals surface area contributed by atoms with Crippen molar-refractivity contribution in [2.45, 2.75) is 20.3 Å². The van der Waals surface area contributed by atoms with E-state index in [0.29, 0.717) is 35.6 Å². The third kappa shape index (κ3) is 4.65. The zero-order chi connectivity index (χ0) is 19.1. The molecule has 27 heavy (non-hydrogen) atoms. The van der Waals surface area contributed by atoms with E-state index in [-0.39, 0.29) is 0 Å². The van der Waals surface area contributed by atoms with Gasteiger partial charge in [-0.1, -0.05) is 42.8 Å². The summed E-state index contributed by atoms with van der Waals surface area (Å²) >= 11 is 6.37. The second-order valence-corrected chi connectivity index (χ2v) is 6.17. The fourth-order valence-corrected chi connectivity index (χ4v) is 2.82. The van der Waals surface area contributed by atoms with Gasteiger partial charge in [-0.25, -0.2) is 0 Å². The van der Waals surface area contributed by atoms with Gasteiger partial charge in [-0.2, -0.15) is 10.2 Å². The van der Waals surface area contributed by atoms with Gasteiger partial charge in [0, 0.05) is 10.8 Å². The summed E-state index contributed by atoms with van der Waals surface area (Å²) < 4.78 is 11.4. The van der Waals surface area contributed by atoms with Crippen LogP contribution in [-0.4, -0.2) is 29.6 Å². The molecule has 1 heterocycles. The minimum atomic E-state index is 0.487. The maximum Gasteiger partial charge on any atom is 0.179 e. The van der Waals surface area contributed by atoms with Crippen LogP contribution in [0.2, 0.25) is 5.02 Å². The number of rotatable bonds is 8. The molecule has 0 atom stereocenters. The molecule has 6 nitrogen and oxygen atoms in total. The predicted molar refractivity (Wildman–Crippen MR) is 109 cm³/mol. The van der Waals surface area contributed by atoms with Crippen LogP contribution < -0.4 is 14.9 Å². The molecule has 0 unspecified atom stereocenters. The lowest BCUT2D eigenvalue weighted by Gasteiger charge is -2.13. The van der Waals surface area contributed by atoms with Crippen molar-refractivity contribution in [3.63, 3.8) is 0 Å². The normalized spacial score (nSPS) is 11.1. The fraction of sp³-hybridized carbons (Fsp3) is 0.250. The molecule has 0 amide bonds. The summed E-state index contributed by atoms with van der Waals surface area (Å²) in [4.78, 5) is 0. The molecule has 7 heteroatoms. The maximum atomic E-state index is 6.37. The smallest absolute Gasteiger partial charge is 0.179 e. The van der Waals surface area contributed by atoms with Crippen molar-refractivity contribution in [2.24, 2.45) is 5.10 Å². The highest BCUT2D eigenvalue weighted by molar-refractivity contribution is 6.32. The molecule has 0 saturated heterocycles. The lowest BCUT2D eigenvalue weighted by atomic mass is 10.2. The molecule has 140 valence electrons. The zero-order valence-electron chi connectivity index (χ0n) is 15.3. The third-order valence-corrected chi connectivity index (χ3v) is 4.02. The standard InChI is InChI=1S/C20H21ClN4O2/c1-3-9-27-19-17(21)10-14(11-18(19)26-4-2)12-22-24-20-16-8-6-5-7-15(16)13-23-25-20/h5-8,10-13H,3-4,9H2,1-2H3,(H,24,25)/b22-12-. The topological polar surface area (TPSA) is 68.6 Å². The third-order valence-electron chi connectivity index (χ3n) is 3.74. The number of anilines is 1. The number of nitrogens with one attached hydrogen (secondary N) is 1. The average Bonchev–Trinajstić information content (AvgIpc) is 2.68. The van der Waals surface area contributed by atoms with Crippen LogP contribution in [0.15, 0.2) is 47.7 Å². The molecular formula is C20H21ClN4O2. The van der Waals surface area contributed by atoms with Gasteiger partial charge < -0.3 is 9.47 Å². The molecule has 1 N–H and O–H groups in total. The minimum Gasteiger partial charge on any atom is -0.490 e. The number of ether oxygens (including phenoxy) is 2. The average molecular weight is 385 g/mol. The second kappa shape index (κ2) is 9.19. The van der Waals surface area contributed by atoms with Crippen molar-refractivity contribution in [3.8, 4) is 11.5 Å². The van der Waals surface area contributed by atoms with Gasteiger partial charge in [0.2, 0.25) is 0 Å². The molecule has 1 aromatic heterocycles. The van der Waals surface area contributed by atoms with Crippen LogP contribution in [0.25, 0.3) is 10.8 Å².